The average Bonchev–Trinajstić information content (AvgIpc) is 2.82. The van der Waals surface area contributed by atoms with Crippen molar-refractivity contribution in [2.45, 2.75) is 19.4 Å². The van der Waals surface area contributed by atoms with Crippen molar-refractivity contribution in [3.05, 3.63) is 20.7 Å². The lowest BCUT2D eigenvalue weighted by Crippen LogP contribution is -2.45. The summed E-state index contributed by atoms with van der Waals surface area (Å²) in [7, 11) is 0. The van der Waals surface area contributed by atoms with Crippen LogP contribution in [0, 0.1) is 5.92 Å². The molecule has 2 rings (SSSR count). The highest BCUT2D eigenvalue weighted by Crippen LogP contribution is 2.17. The van der Waals surface area contributed by atoms with Crippen LogP contribution in [0.5, 0.6) is 0 Å². The number of thiazole rings is 1. The van der Waals surface area contributed by atoms with Crippen molar-refractivity contribution in [2.24, 2.45) is 5.92 Å². The molecular weight excluding hydrogens is 270 g/mol. The fraction of sp³-hybridized carbons (Fsp3) is 0.545. The summed E-state index contributed by atoms with van der Waals surface area (Å²) in [6.07, 6.45) is 0.968. The van der Waals surface area contributed by atoms with Crippen molar-refractivity contribution < 1.29 is 14.7 Å². The summed E-state index contributed by atoms with van der Waals surface area (Å²) in [6.45, 7) is 1.17. The Hall–Kier alpha value is -1.83. The number of aromatic amines is 1. The van der Waals surface area contributed by atoms with Crippen LogP contribution in [0.1, 0.15) is 18.5 Å². The number of rotatable bonds is 3. The molecule has 1 fully saturated rings. The standard InChI is InChI=1S/C11H15N3O4S/c15-9(16)7-1-3-14(4-2-7)10(17)12-5-8-6-19-11(18)13-8/h6-7H,1-5H2,(H,12,17)(H,13,18)(H,15,16). The highest BCUT2D eigenvalue weighted by Gasteiger charge is 2.26. The van der Waals surface area contributed by atoms with Crippen LogP contribution >= 0.6 is 11.3 Å². The minimum absolute atomic E-state index is 0.147. The topological polar surface area (TPSA) is 102 Å². The number of aliphatic carboxylic acids is 1. The fourth-order valence-electron chi connectivity index (χ4n) is 2.01. The van der Waals surface area contributed by atoms with Crippen LogP contribution in [0.25, 0.3) is 0 Å². The third-order valence-corrected chi connectivity index (χ3v) is 3.85. The average molecular weight is 285 g/mol. The normalized spacial score (nSPS) is 16.3. The van der Waals surface area contributed by atoms with Gasteiger partial charge in [-0.25, -0.2) is 4.79 Å². The molecular formula is C11H15N3O4S. The number of carboxylic acids is 1. The monoisotopic (exact) mass is 285 g/mol. The number of piperidine rings is 1. The fourth-order valence-corrected chi connectivity index (χ4v) is 2.59. The van der Waals surface area contributed by atoms with E-state index in [0.29, 0.717) is 31.6 Å². The van der Waals surface area contributed by atoms with Crippen LogP contribution in [-0.4, -0.2) is 40.1 Å². The van der Waals surface area contributed by atoms with Crippen LogP contribution in [-0.2, 0) is 11.3 Å². The number of likely N-dealkylation sites (tertiary alicyclic amines) is 1. The second kappa shape index (κ2) is 5.87. The first-order valence-corrected chi connectivity index (χ1v) is 6.86. The Bertz CT molecular complexity index is 516. The van der Waals surface area contributed by atoms with Gasteiger partial charge in [0.2, 0.25) is 0 Å². The third-order valence-electron chi connectivity index (χ3n) is 3.13. The van der Waals surface area contributed by atoms with E-state index in [1.54, 1.807) is 10.3 Å². The summed E-state index contributed by atoms with van der Waals surface area (Å²) in [5.41, 5.74) is 0.670. The SMILES string of the molecule is O=C(O)C1CCN(C(=O)NCc2csc(=O)[nH]2)CC1. The number of carbonyl (C=O) groups excluding carboxylic acids is 1. The number of hydrogen-bond donors (Lipinski definition) is 3. The minimum atomic E-state index is -0.795. The van der Waals surface area contributed by atoms with Gasteiger partial charge < -0.3 is 20.3 Å². The predicted molar refractivity (Wildman–Crippen MR) is 69.1 cm³/mol. The Morgan fingerprint density at radius 2 is 2.16 bits per heavy atom. The van der Waals surface area contributed by atoms with Crippen molar-refractivity contribution in [2.75, 3.05) is 13.1 Å². The molecule has 0 unspecified atom stereocenters. The molecule has 1 aromatic rings. The summed E-state index contributed by atoms with van der Waals surface area (Å²) in [6, 6.07) is -0.226. The van der Waals surface area contributed by atoms with Crippen LogP contribution < -0.4 is 10.2 Å². The molecule has 0 aromatic carbocycles. The zero-order valence-corrected chi connectivity index (χ0v) is 11.0. The Morgan fingerprint density at radius 1 is 1.47 bits per heavy atom. The first-order valence-electron chi connectivity index (χ1n) is 5.98. The van der Waals surface area contributed by atoms with Gasteiger partial charge in [-0.1, -0.05) is 11.3 Å². The van der Waals surface area contributed by atoms with E-state index in [9.17, 15) is 14.4 Å². The Morgan fingerprint density at radius 3 is 2.68 bits per heavy atom. The third kappa shape index (κ3) is 3.57. The molecule has 2 heterocycles. The summed E-state index contributed by atoms with van der Waals surface area (Å²) in [4.78, 5) is 37.6. The maximum absolute atomic E-state index is 11.8. The van der Waals surface area contributed by atoms with E-state index in [1.165, 1.54) is 0 Å². The number of nitrogens with zero attached hydrogens (tertiary/aromatic N) is 1. The Kier molecular flexibility index (Phi) is 4.20. The van der Waals surface area contributed by atoms with Crippen LogP contribution in [0.2, 0.25) is 0 Å². The van der Waals surface area contributed by atoms with Gasteiger partial charge in [0.15, 0.2) is 0 Å². The highest BCUT2D eigenvalue weighted by atomic mass is 32.1. The van der Waals surface area contributed by atoms with Gasteiger partial charge in [0.1, 0.15) is 0 Å². The first kappa shape index (κ1) is 13.6. The molecule has 3 N–H and O–H groups in total. The molecule has 1 aromatic heterocycles. The van der Waals surface area contributed by atoms with E-state index in [-0.39, 0.29) is 23.4 Å². The molecule has 0 atom stereocenters. The van der Waals surface area contributed by atoms with Gasteiger partial charge in [-0.15, -0.1) is 0 Å². The van der Waals surface area contributed by atoms with Crippen molar-refractivity contribution in [3.63, 3.8) is 0 Å². The lowest BCUT2D eigenvalue weighted by molar-refractivity contribution is -0.143. The second-order valence-corrected chi connectivity index (χ2v) is 5.27. The zero-order chi connectivity index (χ0) is 13.8. The molecule has 0 radical (unpaired) electrons. The van der Waals surface area contributed by atoms with Crippen molar-refractivity contribution in [1.82, 2.24) is 15.2 Å². The number of aromatic nitrogens is 1. The smallest absolute Gasteiger partial charge is 0.317 e. The van der Waals surface area contributed by atoms with Crippen molar-refractivity contribution >= 4 is 23.3 Å². The van der Waals surface area contributed by atoms with Gasteiger partial charge in [0.05, 0.1) is 12.5 Å². The van der Waals surface area contributed by atoms with Crippen LogP contribution in [0.3, 0.4) is 0 Å². The zero-order valence-electron chi connectivity index (χ0n) is 10.2. The van der Waals surface area contributed by atoms with E-state index >= 15 is 0 Å². The second-order valence-electron chi connectivity index (χ2n) is 4.43. The Labute approximate surface area is 113 Å². The predicted octanol–water partition coefficient (Wildman–Crippen LogP) is 0.443. The number of carbonyl (C=O) groups is 2. The molecule has 104 valence electrons. The Balaban J connectivity index is 1.78. The maximum Gasteiger partial charge on any atom is 0.317 e. The lowest BCUT2D eigenvalue weighted by Gasteiger charge is -2.30. The van der Waals surface area contributed by atoms with Crippen molar-refractivity contribution in [1.29, 1.82) is 0 Å². The number of nitrogens with one attached hydrogen (secondary N) is 2. The molecule has 0 bridgehead atoms. The van der Waals surface area contributed by atoms with Gasteiger partial charge in [-0.05, 0) is 12.8 Å². The summed E-state index contributed by atoms with van der Waals surface area (Å²) < 4.78 is 0. The van der Waals surface area contributed by atoms with E-state index < -0.39 is 5.97 Å². The summed E-state index contributed by atoms with van der Waals surface area (Å²) in [5.74, 6) is -1.15. The van der Waals surface area contributed by atoms with Gasteiger partial charge in [0.25, 0.3) is 0 Å². The van der Waals surface area contributed by atoms with Crippen LogP contribution in [0.4, 0.5) is 4.79 Å². The molecule has 1 aliphatic rings. The van der Waals surface area contributed by atoms with Crippen LogP contribution in [0.15, 0.2) is 10.2 Å². The van der Waals surface area contributed by atoms with Gasteiger partial charge >= 0.3 is 16.9 Å². The molecule has 19 heavy (non-hydrogen) atoms. The molecule has 2 amide bonds. The number of hydrogen-bond acceptors (Lipinski definition) is 4. The van der Waals surface area contributed by atoms with Gasteiger partial charge in [-0.2, -0.15) is 0 Å². The molecule has 0 aliphatic carbocycles. The molecule has 0 saturated carbocycles. The maximum atomic E-state index is 11.8. The minimum Gasteiger partial charge on any atom is -0.481 e. The van der Waals surface area contributed by atoms with Crippen molar-refractivity contribution in [3.8, 4) is 0 Å². The molecule has 1 saturated heterocycles. The quantitative estimate of drug-likeness (QED) is 0.750. The molecule has 8 heteroatoms. The van der Waals surface area contributed by atoms with E-state index in [4.69, 9.17) is 5.11 Å². The van der Waals surface area contributed by atoms with E-state index in [2.05, 4.69) is 10.3 Å². The van der Waals surface area contributed by atoms with E-state index in [1.807, 2.05) is 0 Å². The largest absolute Gasteiger partial charge is 0.481 e. The highest BCUT2D eigenvalue weighted by molar-refractivity contribution is 7.07. The van der Waals surface area contributed by atoms with Gasteiger partial charge in [0, 0.05) is 24.2 Å². The van der Waals surface area contributed by atoms with Gasteiger partial charge in [-0.3, -0.25) is 9.59 Å². The number of urea groups is 1. The molecule has 0 spiro atoms. The number of H-pyrrole nitrogens is 1. The molecule has 1 aliphatic heterocycles. The number of carboxylic acid groups (broad SMARTS) is 1. The molecule has 7 nitrogen and oxygen atoms in total. The lowest BCUT2D eigenvalue weighted by atomic mass is 9.97. The van der Waals surface area contributed by atoms with E-state index in [0.717, 1.165) is 11.3 Å². The summed E-state index contributed by atoms with van der Waals surface area (Å²) >= 11 is 1.05. The first-order chi connectivity index (χ1) is 9.06. The number of amides is 2. The summed E-state index contributed by atoms with van der Waals surface area (Å²) in [5, 5.41) is 13.2.